The van der Waals surface area contributed by atoms with Gasteiger partial charge in [0.2, 0.25) is 5.82 Å². The molecule has 9 heteroatoms. The number of aromatic nitrogens is 3. The van der Waals surface area contributed by atoms with Crippen LogP contribution in [0.5, 0.6) is 0 Å². The number of nitrogens with zero attached hydrogens (tertiary/aromatic N) is 3. The molecule has 2 heterocycles. The smallest absolute Gasteiger partial charge is 0.440 e. The molecule has 5 nitrogen and oxygen atoms in total. The van der Waals surface area contributed by atoms with E-state index in [1.165, 1.54) is 18.5 Å². The lowest BCUT2D eigenvalue weighted by Crippen LogP contribution is -2.14. The molecule has 0 bridgehead atoms. The third-order valence-electron chi connectivity index (χ3n) is 2.11. The Morgan fingerprint density at radius 2 is 2.15 bits per heavy atom. The summed E-state index contributed by atoms with van der Waals surface area (Å²) in [5, 5.41) is 3.15. The van der Waals surface area contributed by atoms with E-state index >= 15 is 0 Å². The van der Waals surface area contributed by atoms with E-state index in [0.717, 1.165) is 18.2 Å². The monoisotopic (exact) mass is 304 g/mol. The van der Waals surface area contributed by atoms with E-state index in [9.17, 15) is 13.2 Å². The lowest BCUT2D eigenvalue weighted by atomic mass is 10.4. The van der Waals surface area contributed by atoms with Crippen molar-refractivity contribution in [1.29, 1.82) is 0 Å². The predicted octanol–water partition coefficient (Wildman–Crippen LogP) is 3.46. The van der Waals surface area contributed by atoms with Gasteiger partial charge in [-0.05, 0) is 18.2 Å². The van der Waals surface area contributed by atoms with Gasteiger partial charge < -0.3 is 9.73 Å². The van der Waals surface area contributed by atoms with Crippen LogP contribution in [-0.2, 0) is 6.18 Å². The Hall–Kier alpha value is -1.77. The van der Waals surface area contributed by atoms with Crippen LogP contribution in [0.4, 0.5) is 19.0 Å². The zero-order valence-corrected chi connectivity index (χ0v) is 11.3. The molecule has 0 aliphatic rings. The van der Waals surface area contributed by atoms with Crippen LogP contribution >= 0.6 is 11.8 Å². The van der Waals surface area contributed by atoms with Gasteiger partial charge in [0.15, 0.2) is 0 Å². The van der Waals surface area contributed by atoms with Crippen molar-refractivity contribution in [2.75, 3.05) is 11.9 Å². The van der Waals surface area contributed by atoms with Crippen LogP contribution in [0.1, 0.15) is 19.2 Å². The Balaban J connectivity index is 2.29. The maximum atomic E-state index is 12.7. The van der Waals surface area contributed by atoms with Crippen molar-refractivity contribution < 1.29 is 17.6 Å². The summed E-state index contributed by atoms with van der Waals surface area (Å²) in [6, 6.07) is 1.43. The van der Waals surface area contributed by atoms with E-state index in [-0.39, 0.29) is 16.1 Å². The molecule has 0 spiro atoms. The normalized spacial score (nSPS) is 11.6. The van der Waals surface area contributed by atoms with Crippen molar-refractivity contribution in [3.8, 4) is 0 Å². The molecule has 0 unspecified atom stereocenters. The molecule has 0 aromatic carbocycles. The molecular weight excluding hydrogens is 293 g/mol. The van der Waals surface area contributed by atoms with Crippen molar-refractivity contribution in [3.63, 3.8) is 0 Å². The SMILES string of the molecule is CCCNc1cc(Sc2ncco2)nc(C(F)(F)F)n1. The Bertz CT molecular complexity index is 559. The van der Waals surface area contributed by atoms with Crippen LogP contribution in [0.15, 0.2) is 33.2 Å². The number of alkyl halides is 3. The van der Waals surface area contributed by atoms with Gasteiger partial charge in [0.05, 0.1) is 6.20 Å². The number of oxazole rings is 1. The number of halogens is 3. The van der Waals surface area contributed by atoms with Crippen molar-refractivity contribution in [1.82, 2.24) is 15.0 Å². The van der Waals surface area contributed by atoms with Gasteiger partial charge in [-0.25, -0.2) is 15.0 Å². The topological polar surface area (TPSA) is 63.8 Å². The molecule has 2 aromatic heterocycles. The quantitative estimate of drug-likeness (QED) is 0.854. The predicted molar refractivity (Wildman–Crippen MR) is 66.4 cm³/mol. The van der Waals surface area contributed by atoms with E-state index < -0.39 is 12.0 Å². The minimum atomic E-state index is -4.60. The summed E-state index contributed by atoms with van der Waals surface area (Å²) in [6.07, 6.45) is -1.09. The summed E-state index contributed by atoms with van der Waals surface area (Å²) < 4.78 is 43.2. The van der Waals surface area contributed by atoms with Gasteiger partial charge in [0.25, 0.3) is 5.22 Å². The summed E-state index contributed by atoms with van der Waals surface area (Å²) in [5.74, 6) is -1.06. The maximum Gasteiger partial charge on any atom is 0.451 e. The first-order valence-corrected chi connectivity index (χ1v) is 6.58. The van der Waals surface area contributed by atoms with E-state index in [1.807, 2.05) is 6.92 Å². The molecule has 0 radical (unpaired) electrons. The Morgan fingerprint density at radius 1 is 1.35 bits per heavy atom. The Morgan fingerprint density at radius 3 is 2.75 bits per heavy atom. The molecule has 0 amide bonds. The highest BCUT2D eigenvalue weighted by Crippen LogP contribution is 2.31. The summed E-state index contributed by atoms with van der Waals surface area (Å²) >= 11 is 0.903. The van der Waals surface area contributed by atoms with Crippen LogP contribution in [0, 0.1) is 0 Å². The van der Waals surface area contributed by atoms with Gasteiger partial charge in [-0.3, -0.25) is 0 Å². The number of anilines is 1. The van der Waals surface area contributed by atoms with Crippen molar-refractivity contribution in [3.05, 3.63) is 24.4 Å². The second kappa shape index (κ2) is 6.12. The fraction of sp³-hybridized carbons (Fsp3) is 0.364. The summed E-state index contributed by atoms with van der Waals surface area (Å²) in [4.78, 5) is 10.8. The van der Waals surface area contributed by atoms with Crippen molar-refractivity contribution in [2.45, 2.75) is 29.8 Å². The molecule has 2 aromatic rings. The Labute approximate surface area is 117 Å². The molecule has 0 saturated heterocycles. The zero-order chi connectivity index (χ0) is 14.6. The van der Waals surface area contributed by atoms with Gasteiger partial charge in [-0.15, -0.1) is 0 Å². The van der Waals surface area contributed by atoms with Gasteiger partial charge in [0, 0.05) is 12.6 Å². The third-order valence-corrected chi connectivity index (χ3v) is 2.91. The number of rotatable bonds is 5. The summed E-state index contributed by atoms with van der Waals surface area (Å²) in [6.45, 7) is 2.43. The molecule has 0 aliphatic heterocycles. The average Bonchev–Trinajstić information content (AvgIpc) is 2.88. The highest BCUT2D eigenvalue weighted by Gasteiger charge is 2.35. The second-order valence-electron chi connectivity index (χ2n) is 3.74. The van der Waals surface area contributed by atoms with E-state index in [2.05, 4.69) is 20.3 Å². The molecule has 0 saturated carbocycles. The lowest BCUT2D eigenvalue weighted by molar-refractivity contribution is -0.145. The zero-order valence-electron chi connectivity index (χ0n) is 10.4. The minimum absolute atomic E-state index is 0.119. The molecule has 0 fully saturated rings. The van der Waals surface area contributed by atoms with Gasteiger partial charge in [-0.1, -0.05) is 6.92 Å². The van der Waals surface area contributed by atoms with Crippen LogP contribution in [0.3, 0.4) is 0 Å². The molecule has 1 N–H and O–H groups in total. The average molecular weight is 304 g/mol. The number of hydrogen-bond donors (Lipinski definition) is 1. The van der Waals surface area contributed by atoms with Crippen LogP contribution in [0.2, 0.25) is 0 Å². The molecule has 2 rings (SSSR count). The van der Waals surface area contributed by atoms with Crippen molar-refractivity contribution in [2.24, 2.45) is 0 Å². The molecular formula is C11H11F3N4OS. The maximum absolute atomic E-state index is 12.7. The highest BCUT2D eigenvalue weighted by molar-refractivity contribution is 7.99. The first kappa shape index (κ1) is 14.6. The summed E-state index contributed by atoms with van der Waals surface area (Å²) in [5.41, 5.74) is 0. The molecule has 108 valence electrons. The number of nitrogens with one attached hydrogen (secondary N) is 1. The Kier molecular flexibility index (Phi) is 4.48. The molecule has 0 aliphatic carbocycles. The highest BCUT2D eigenvalue weighted by atomic mass is 32.2. The second-order valence-corrected chi connectivity index (χ2v) is 4.71. The standard InChI is InChI=1S/C11H11F3N4OS/c1-2-3-15-7-6-8(20-10-16-4-5-19-10)18-9(17-7)11(12,13)14/h4-6H,2-3H2,1H3,(H,15,17,18). The fourth-order valence-electron chi connectivity index (χ4n) is 1.30. The number of hydrogen-bond acceptors (Lipinski definition) is 6. The molecule has 20 heavy (non-hydrogen) atoms. The van der Waals surface area contributed by atoms with Gasteiger partial charge in [-0.2, -0.15) is 13.2 Å². The van der Waals surface area contributed by atoms with Crippen LogP contribution < -0.4 is 5.32 Å². The van der Waals surface area contributed by atoms with E-state index in [0.29, 0.717) is 6.54 Å². The first-order valence-electron chi connectivity index (χ1n) is 5.76. The van der Waals surface area contributed by atoms with Gasteiger partial charge in [0.1, 0.15) is 17.1 Å². The first-order chi connectivity index (χ1) is 9.49. The summed E-state index contributed by atoms with van der Waals surface area (Å²) in [7, 11) is 0. The van der Waals surface area contributed by atoms with Gasteiger partial charge >= 0.3 is 6.18 Å². The van der Waals surface area contributed by atoms with Crippen LogP contribution in [-0.4, -0.2) is 21.5 Å². The third kappa shape index (κ3) is 3.86. The fourth-order valence-corrected chi connectivity index (χ4v) is 2.00. The lowest BCUT2D eigenvalue weighted by Gasteiger charge is -2.10. The van der Waals surface area contributed by atoms with Crippen LogP contribution in [0.25, 0.3) is 0 Å². The van der Waals surface area contributed by atoms with E-state index in [1.54, 1.807) is 0 Å². The largest absolute Gasteiger partial charge is 0.451 e. The molecule has 0 atom stereocenters. The van der Waals surface area contributed by atoms with E-state index in [4.69, 9.17) is 4.42 Å². The minimum Gasteiger partial charge on any atom is -0.440 e. The van der Waals surface area contributed by atoms with Crippen molar-refractivity contribution >= 4 is 17.6 Å².